The van der Waals surface area contributed by atoms with Gasteiger partial charge in [-0.3, -0.25) is 0 Å². The molecule has 0 rings (SSSR count). The number of rotatable bonds is 11. The summed E-state index contributed by atoms with van der Waals surface area (Å²) >= 11 is 0. The zero-order chi connectivity index (χ0) is 15.9. The van der Waals surface area contributed by atoms with Crippen molar-refractivity contribution < 1.29 is 0 Å². The molecule has 0 aromatic heterocycles. The van der Waals surface area contributed by atoms with Gasteiger partial charge in [0.25, 0.3) is 0 Å². The maximum absolute atomic E-state index is 3.89. The molecule has 0 bridgehead atoms. The molecule has 1 heteroatoms. The van der Waals surface area contributed by atoms with Crippen molar-refractivity contribution in [3.05, 3.63) is 72.9 Å². The topological polar surface area (TPSA) is 3.24 Å². The first-order chi connectivity index (χ1) is 10.2. The van der Waals surface area contributed by atoms with Gasteiger partial charge in [0.15, 0.2) is 0 Å². The maximum atomic E-state index is 3.89. The molecule has 0 spiro atoms. The van der Waals surface area contributed by atoms with Crippen molar-refractivity contribution in [3.8, 4) is 0 Å². The highest BCUT2D eigenvalue weighted by molar-refractivity contribution is 5.22. The summed E-state index contributed by atoms with van der Waals surface area (Å²) in [7, 11) is 0. The van der Waals surface area contributed by atoms with E-state index < -0.39 is 0 Å². The van der Waals surface area contributed by atoms with Gasteiger partial charge in [0, 0.05) is 13.1 Å². The second kappa shape index (κ2) is 13.4. The van der Waals surface area contributed by atoms with Crippen molar-refractivity contribution in [2.24, 2.45) is 0 Å². The van der Waals surface area contributed by atoms with Gasteiger partial charge in [0.05, 0.1) is 0 Å². The predicted molar refractivity (Wildman–Crippen MR) is 97.5 cm³/mol. The van der Waals surface area contributed by atoms with E-state index in [4.69, 9.17) is 0 Å². The standard InChI is InChI=1S/C20H31N/c1-6-10-12-13-19(5)15-17-21(9-4)18-16-20(8-3)14-11-7-2/h6-8,10-14H,1,3,9,15-18H2,2,4-5H3/b11-7-,12-10-,19-13-,20-14+. The van der Waals surface area contributed by atoms with Gasteiger partial charge in [-0.15, -0.1) is 0 Å². The lowest BCUT2D eigenvalue weighted by atomic mass is 10.1. The molecule has 0 aliphatic rings. The van der Waals surface area contributed by atoms with Crippen LogP contribution >= 0.6 is 0 Å². The summed E-state index contributed by atoms with van der Waals surface area (Å²) in [5.74, 6) is 0. The third-order valence-electron chi connectivity index (χ3n) is 3.38. The maximum Gasteiger partial charge on any atom is 0.00218 e. The molecular weight excluding hydrogens is 254 g/mol. The van der Waals surface area contributed by atoms with Crippen molar-refractivity contribution >= 4 is 0 Å². The van der Waals surface area contributed by atoms with Crippen molar-refractivity contribution in [3.63, 3.8) is 0 Å². The highest BCUT2D eigenvalue weighted by Gasteiger charge is 2.03. The van der Waals surface area contributed by atoms with E-state index >= 15 is 0 Å². The molecule has 0 atom stereocenters. The Balaban J connectivity index is 4.28. The van der Waals surface area contributed by atoms with Crippen molar-refractivity contribution in [2.75, 3.05) is 19.6 Å². The normalized spacial score (nSPS) is 13.5. The molecule has 0 heterocycles. The van der Waals surface area contributed by atoms with E-state index in [0.717, 1.165) is 32.5 Å². The van der Waals surface area contributed by atoms with E-state index in [0.29, 0.717) is 0 Å². The zero-order valence-corrected chi connectivity index (χ0v) is 14.0. The van der Waals surface area contributed by atoms with E-state index in [-0.39, 0.29) is 0 Å². The number of hydrogen-bond donors (Lipinski definition) is 0. The molecule has 0 N–H and O–H groups in total. The van der Waals surface area contributed by atoms with Crippen LogP contribution in [-0.4, -0.2) is 24.5 Å². The van der Waals surface area contributed by atoms with Crippen LogP contribution in [0.25, 0.3) is 0 Å². The first-order valence-electron chi connectivity index (χ1n) is 7.79. The quantitative estimate of drug-likeness (QED) is 0.455. The molecule has 0 saturated heterocycles. The van der Waals surface area contributed by atoms with Crippen LogP contribution in [0.5, 0.6) is 0 Å². The minimum Gasteiger partial charge on any atom is -0.303 e. The van der Waals surface area contributed by atoms with E-state index in [2.05, 4.69) is 50.1 Å². The zero-order valence-electron chi connectivity index (χ0n) is 14.0. The second-order valence-corrected chi connectivity index (χ2v) is 5.04. The Morgan fingerprint density at radius 2 is 1.71 bits per heavy atom. The van der Waals surface area contributed by atoms with Crippen molar-refractivity contribution in [2.45, 2.75) is 33.6 Å². The van der Waals surface area contributed by atoms with Crippen molar-refractivity contribution in [1.82, 2.24) is 4.90 Å². The fourth-order valence-corrected chi connectivity index (χ4v) is 1.90. The van der Waals surface area contributed by atoms with Crippen LogP contribution in [0, 0.1) is 0 Å². The van der Waals surface area contributed by atoms with Gasteiger partial charge in [-0.2, -0.15) is 0 Å². The molecule has 116 valence electrons. The summed E-state index contributed by atoms with van der Waals surface area (Å²) in [6, 6.07) is 0. The smallest absolute Gasteiger partial charge is 0.00218 e. The van der Waals surface area contributed by atoms with Crippen LogP contribution in [0.4, 0.5) is 0 Å². The van der Waals surface area contributed by atoms with Crippen LogP contribution in [0.15, 0.2) is 72.9 Å². The number of hydrogen-bond acceptors (Lipinski definition) is 1. The lowest BCUT2D eigenvalue weighted by Crippen LogP contribution is -2.26. The molecule has 0 fully saturated rings. The van der Waals surface area contributed by atoms with E-state index in [1.54, 1.807) is 6.08 Å². The summed E-state index contributed by atoms with van der Waals surface area (Å²) < 4.78 is 0. The summed E-state index contributed by atoms with van der Waals surface area (Å²) in [4.78, 5) is 2.49. The Kier molecular flexibility index (Phi) is 12.4. The SMILES string of the molecule is C=C/C=C\C=C(\C)CCN(CC)CC/C(C=C)=C/C=C\C. The van der Waals surface area contributed by atoms with Gasteiger partial charge in [-0.1, -0.05) is 74.3 Å². The molecule has 1 nitrogen and oxygen atoms in total. The summed E-state index contributed by atoms with van der Waals surface area (Å²) in [5.41, 5.74) is 2.70. The molecule has 21 heavy (non-hydrogen) atoms. The Morgan fingerprint density at radius 3 is 2.29 bits per heavy atom. The van der Waals surface area contributed by atoms with Gasteiger partial charge in [-0.25, -0.2) is 0 Å². The number of allylic oxidation sites excluding steroid dienone is 8. The molecule has 0 aliphatic heterocycles. The Morgan fingerprint density at radius 1 is 1.00 bits per heavy atom. The summed E-state index contributed by atoms with van der Waals surface area (Å²) in [5, 5.41) is 0. The molecule has 0 aromatic rings. The third-order valence-corrected chi connectivity index (χ3v) is 3.38. The molecule has 0 aromatic carbocycles. The van der Waals surface area contributed by atoms with Crippen LogP contribution in [0.2, 0.25) is 0 Å². The van der Waals surface area contributed by atoms with E-state index in [1.807, 2.05) is 31.2 Å². The Labute approximate surface area is 131 Å². The van der Waals surface area contributed by atoms with Gasteiger partial charge >= 0.3 is 0 Å². The average Bonchev–Trinajstić information content (AvgIpc) is 2.50. The molecule has 0 unspecified atom stereocenters. The first-order valence-corrected chi connectivity index (χ1v) is 7.79. The molecule has 0 amide bonds. The van der Waals surface area contributed by atoms with Crippen LogP contribution in [0.1, 0.15) is 33.6 Å². The first kappa shape index (κ1) is 19.4. The van der Waals surface area contributed by atoms with E-state index in [1.165, 1.54) is 11.1 Å². The number of nitrogens with zero attached hydrogens (tertiary/aromatic N) is 1. The average molecular weight is 285 g/mol. The fourth-order valence-electron chi connectivity index (χ4n) is 1.90. The highest BCUT2D eigenvalue weighted by atomic mass is 15.1. The monoisotopic (exact) mass is 285 g/mol. The molecule has 0 saturated carbocycles. The van der Waals surface area contributed by atoms with Gasteiger partial charge < -0.3 is 4.90 Å². The van der Waals surface area contributed by atoms with E-state index in [9.17, 15) is 0 Å². The molecule has 0 aliphatic carbocycles. The van der Waals surface area contributed by atoms with Gasteiger partial charge in [0.2, 0.25) is 0 Å². The molecular formula is C20H31N. The second-order valence-electron chi connectivity index (χ2n) is 5.04. The lowest BCUT2D eigenvalue weighted by molar-refractivity contribution is 0.296. The third kappa shape index (κ3) is 10.8. The highest BCUT2D eigenvalue weighted by Crippen LogP contribution is 2.08. The predicted octanol–water partition coefficient (Wildman–Crippen LogP) is 5.47. The largest absolute Gasteiger partial charge is 0.303 e. The summed E-state index contributed by atoms with van der Waals surface area (Å²) in [6.45, 7) is 17.3. The Bertz CT molecular complexity index is 408. The van der Waals surface area contributed by atoms with Gasteiger partial charge in [0.1, 0.15) is 0 Å². The van der Waals surface area contributed by atoms with Gasteiger partial charge in [-0.05, 0) is 38.8 Å². The minimum atomic E-state index is 1.06. The van der Waals surface area contributed by atoms with Crippen LogP contribution < -0.4 is 0 Å². The molecule has 0 radical (unpaired) electrons. The van der Waals surface area contributed by atoms with Crippen LogP contribution in [-0.2, 0) is 0 Å². The van der Waals surface area contributed by atoms with Crippen molar-refractivity contribution in [1.29, 1.82) is 0 Å². The Hall–Kier alpha value is -1.60. The lowest BCUT2D eigenvalue weighted by Gasteiger charge is -2.20. The summed E-state index contributed by atoms with van der Waals surface area (Å²) in [6.07, 6.45) is 18.4. The fraction of sp³-hybridized carbons (Fsp3) is 0.400. The van der Waals surface area contributed by atoms with Crippen LogP contribution in [0.3, 0.4) is 0 Å². The minimum absolute atomic E-state index is 1.06.